The Hall–Kier alpha value is -1.73. The minimum Gasteiger partial charge on any atom is -0.495 e. The predicted octanol–water partition coefficient (Wildman–Crippen LogP) is 2.74. The Morgan fingerprint density at radius 1 is 1.43 bits per heavy atom. The minimum atomic E-state index is -3.76. The molecule has 0 aliphatic carbocycles. The Morgan fingerprint density at radius 3 is 2.71 bits per heavy atom. The molecule has 0 radical (unpaired) electrons. The van der Waals surface area contributed by atoms with Crippen molar-refractivity contribution >= 4 is 27.3 Å². The van der Waals surface area contributed by atoms with Crippen LogP contribution in [0.25, 0.3) is 0 Å². The van der Waals surface area contributed by atoms with E-state index < -0.39 is 10.0 Å². The fraction of sp³-hybridized carbons (Fsp3) is 0.308. The second-order valence-electron chi connectivity index (χ2n) is 4.45. The van der Waals surface area contributed by atoms with Gasteiger partial charge in [0.15, 0.2) is 5.03 Å². The highest BCUT2D eigenvalue weighted by molar-refractivity contribution is 7.92. The van der Waals surface area contributed by atoms with Crippen LogP contribution in [0.5, 0.6) is 5.75 Å². The Bertz CT molecular complexity index is 756. The molecule has 0 spiro atoms. The number of aromatic nitrogens is 2. The number of halogens is 1. The quantitative estimate of drug-likeness (QED) is 0.883. The van der Waals surface area contributed by atoms with Crippen molar-refractivity contribution in [3.63, 3.8) is 0 Å². The maximum absolute atomic E-state index is 12.3. The zero-order valence-electron chi connectivity index (χ0n) is 11.9. The van der Waals surface area contributed by atoms with Gasteiger partial charge < -0.3 is 9.72 Å². The molecule has 0 fully saturated rings. The molecule has 114 valence electrons. The lowest BCUT2D eigenvalue weighted by molar-refractivity contribution is 0.417. The van der Waals surface area contributed by atoms with Crippen LogP contribution in [0.3, 0.4) is 0 Å². The van der Waals surface area contributed by atoms with E-state index in [2.05, 4.69) is 14.7 Å². The molecular formula is C13H16ClN3O3S. The fourth-order valence-corrected chi connectivity index (χ4v) is 2.93. The zero-order chi connectivity index (χ0) is 15.6. The highest BCUT2D eigenvalue weighted by Crippen LogP contribution is 2.32. The van der Waals surface area contributed by atoms with Crippen molar-refractivity contribution in [1.82, 2.24) is 9.97 Å². The lowest BCUT2D eigenvalue weighted by Gasteiger charge is -2.12. The van der Waals surface area contributed by atoms with Crippen LogP contribution in [0.4, 0.5) is 5.69 Å². The summed E-state index contributed by atoms with van der Waals surface area (Å²) in [7, 11) is -2.31. The Labute approximate surface area is 128 Å². The van der Waals surface area contributed by atoms with E-state index in [1.54, 1.807) is 19.1 Å². The van der Waals surface area contributed by atoms with Gasteiger partial charge in [-0.3, -0.25) is 4.72 Å². The molecule has 0 bridgehead atoms. The SMILES string of the molecule is CCc1ncc(S(=O)(=O)Nc2cc(C)c(Cl)cc2OC)[nH]1. The third kappa shape index (κ3) is 3.30. The van der Waals surface area contributed by atoms with Crippen molar-refractivity contribution in [2.45, 2.75) is 25.3 Å². The molecule has 1 aromatic heterocycles. The molecule has 6 nitrogen and oxygen atoms in total. The maximum Gasteiger partial charge on any atom is 0.279 e. The van der Waals surface area contributed by atoms with Crippen LogP contribution in [-0.4, -0.2) is 25.5 Å². The number of imidazole rings is 1. The van der Waals surface area contributed by atoms with Crippen molar-refractivity contribution < 1.29 is 13.2 Å². The summed E-state index contributed by atoms with van der Waals surface area (Å²) in [6, 6.07) is 3.19. The summed E-state index contributed by atoms with van der Waals surface area (Å²) in [4.78, 5) is 6.75. The van der Waals surface area contributed by atoms with Crippen LogP contribution in [-0.2, 0) is 16.4 Å². The second-order valence-corrected chi connectivity index (χ2v) is 6.51. The number of nitrogens with one attached hydrogen (secondary N) is 2. The average molecular weight is 330 g/mol. The molecule has 0 unspecified atom stereocenters. The molecule has 2 rings (SSSR count). The van der Waals surface area contributed by atoms with Crippen LogP contribution in [0.15, 0.2) is 23.4 Å². The van der Waals surface area contributed by atoms with Gasteiger partial charge in [-0.1, -0.05) is 18.5 Å². The van der Waals surface area contributed by atoms with Gasteiger partial charge >= 0.3 is 0 Å². The molecule has 8 heteroatoms. The standard InChI is InChI=1S/C13H16ClN3O3S/c1-4-12-15-7-13(16-12)21(18,19)17-10-5-8(2)9(14)6-11(10)20-3/h5-7,17H,4H2,1-3H3,(H,15,16). The van der Waals surface area contributed by atoms with E-state index in [1.807, 2.05) is 6.92 Å². The highest BCUT2D eigenvalue weighted by atomic mass is 35.5. The lowest BCUT2D eigenvalue weighted by atomic mass is 10.2. The first-order chi connectivity index (χ1) is 9.87. The van der Waals surface area contributed by atoms with Gasteiger partial charge in [0, 0.05) is 17.5 Å². The van der Waals surface area contributed by atoms with Crippen molar-refractivity contribution in [3.8, 4) is 5.75 Å². The number of hydrogen-bond acceptors (Lipinski definition) is 4. The fourth-order valence-electron chi connectivity index (χ4n) is 1.77. The summed E-state index contributed by atoms with van der Waals surface area (Å²) in [5.41, 5.74) is 1.07. The van der Waals surface area contributed by atoms with Gasteiger partial charge in [-0.2, -0.15) is 8.42 Å². The lowest BCUT2D eigenvalue weighted by Crippen LogP contribution is -2.14. The molecule has 0 saturated carbocycles. The third-order valence-corrected chi connectivity index (χ3v) is 4.64. The molecule has 21 heavy (non-hydrogen) atoms. The third-order valence-electron chi connectivity index (χ3n) is 2.95. The molecule has 0 amide bonds. The first kappa shape index (κ1) is 15.7. The van der Waals surface area contributed by atoms with Gasteiger partial charge in [-0.25, -0.2) is 4.98 Å². The van der Waals surface area contributed by atoms with Crippen molar-refractivity contribution in [2.24, 2.45) is 0 Å². The van der Waals surface area contributed by atoms with Crippen LogP contribution in [0.2, 0.25) is 5.02 Å². The summed E-state index contributed by atoms with van der Waals surface area (Å²) in [6.07, 6.45) is 1.91. The van der Waals surface area contributed by atoms with Crippen molar-refractivity contribution in [1.29, 1.82) is 0 Å². The summed E-state index contributed by atoms with van der Waals surface area (Å²) < 4.78 is 32.3. The largest absolute Gasteiger partial charge is 0.495 e. The Balaban J connectivity index is 2.38. The maximum atomic E-state index is 12.3. The van der Waals surface area contributed by atoms with E-state index in [0.29, 0.717) is 28.7 Å². The number of sulfonamides is 1. The van der Waals surface area contributed by atoms with E-state index >= 15 is 0 Å². The second kappa shape index (κ2) is 5.95. The predicted molar refractivity (Wildman–Crippen MR) is 81.5 cm³/mol. The molecule has 0 aliphatic rings. The molecule has 0 aliphatic heterocycles. The number of H-pyrrole nitrogens is 1. The number of nitrogens with zero attached hydrogens (tertiary/aromatic N) is 1. The number of ether oxygens (including phenoxy) is 1. The molecule has 1 aromatic carbocycles. The molecule has 2 N–H and O–H groups in total. The van der Waals surface area contributed by atoms with Gasteiger partial charge in [0.2, 0.25) is 0 Å². The Kier molecular flexibility index (Phi) is 4.43. The van der Waals surface area contributed by atoms with Crippen LogP contribution in [0, 0.1) is 6.92 Å². The number of aromatic amines is 1. The van der Waals surface area contributed by atoms with Gasteiger partial charge in [0.1, 0.15) is 11.6 Å². The zero-order valence-corrected chi connectivity index (χ0v) is 13.5. The summed E-state index contributed by atoms with van der Waals surface area (Å²) in [5, 5.41) is 0.513. The minimum absolute atomic E-state index is 0.00834. The number of hydrogen-bond donors (Lipinski definition) is 2. The first-order valence-electron chi connectivity index (χ1n) is 6.28. The molecular weight excluding hydrogens is 314 g/mol. The molecule has 0 atom stereocenters. The average Bonchev–Trinajstić information content (AvgIpc) is 2.92. The topological polar surface area (TPSA) is 84.1 Å². The number of methoxy groups -OCH3 is 1. The van der Waals surface area contributed by atoms with E-state index in [-0.39, 0.29) is 5.03 Å². The molecule has 1 heterocycles. The smallest absolute Gasteiger partial charge is 0.279 e. The number of anilines is 1. The molecule has 0 saturated heterocycles. The number of rotatable bonds is 5. The Morgan fingerprint density at radius 2 is 2.14 bits per heavy atom. The van der Waals surface area contributed by atoms with E-state index in [9.17, 15) is 8.42 Å². The number of aryl methyl sites for hydroxylation is 2. The van der Waals surface area contributed by atoms with Crippen LogP contribution in [0.1, 0.15) is 18.3 Å². The van der Waals surface area contributed by atoms with Gasteiger partial charge in [-0.05, 0) is 18.6 Å². The van der Waals surface area contributed by atoms with Crippen molar-refractivity contribution in [2.75, 3.05) is 11.8 Å². The van der Waals surface area contributed by atoms with Crippen LogP contribution >= 0.6 is 11.6 Å². The normalized spacial score (nSPS) is 11.4. The first-order valence-corrected chi connectivity index (χ1v) is 8.14. The highest BCUT2D eigenvalue weighted by Gasteiger charge is 2.19. The van der Waals surface area contributed by atoms with E-state index in [1.165, 1.54) is 13.3 Å². The van der Waals surface area contributed by atoms with E-state index in [4.69, 9.17) is 16.3 Å². The van der Waals surface area contributed by atoms with Crippen molar-refractivity contribution in [3.05, 3.63) is 34.7 Å². The summed E-state index contributed by atoms with van der Waals surface area (Å²) in [6.45, 7) is 3.67. The van der Waals surface area contributed by atoms with E-state index in [0.717, 1.165) is 5.56 Å². The monoisotopic (exact) mass is 329 g/mol. The van der Waals surface area contributed by atoms with Crippen LogP contribution < -0.4 is 9.46 Å². The molecule has 2 aromatic rings. The van der Waals surface area contributed by atoms with Gasteiger partial charge in [0.05, 0.1) is 19.0 Å². The summed E-state index contributed by atoms with van der Waals surface area (Å²) >= 11 is 6.00. The van der Waals surface area contributed by atoms with Gasteiger partial charge in [-0.15, -0.1) is 0 Å². The summed E-state index contributed by atoms with van der Waals surface area (Å²) in [5.74, 6) is 0.957. The van der Waals surface area contributed by atoms with Gasteiger partial charge in [0.25, 0.3) is 10.0 Å². The number of benzene rings is 1.